The maximum Gasteiger partial charge on any atom is 0.0595 e. The summed E-state index contributed by atoms with van der Waals surface area (Å²) in [6.45, 7) is 7.16. The fourth-order valence-corrected chi connectivity index (χ4v) is 4.64. The number of aliphatic hydroxyl groups excluding tert-OH is 2. The Labute approximate surface area is 99.1 Å². The average molecular weight is 226 g/mol. The van der Waals surface area contributed by atoms with Gasteiger partial charge in [-0.3, -0.25) is 0 Å². The first-order valence-corrected chi connectivity index (χ1v) is 6.71. The number of rotatable bonds is 1. The molecule has 0 aliphatic heterocycles. The van der Waals surface area contributed by atoms with Crippen molar-refractivity contribution in [3.8, 4) is 0 Å². The van der Waals surface area contributed by atoms with E-state index >= 15 is 0 Å². The number of hydrogen-bond acceptors (Lipinski definition) is 2. The van der Waals surface area contributed by atoms with Crippen molar-refractivity contribution in [3.63, 3.8) is 0 Å². The van der Waals surface area contributed by atoms with E-state index in [9.17, 15) is 10.2 Å². The van der Waals surface area contributed by atoms with Gasteiger partial charge in [0.25, 0.3) is 0 Å². The SMILES string of the molecule is CC1(C)CCCC2(C)C(CO)C(O)CCC12. The van der Waals surface area contributed by atoms with Crippen LogP contribution in [0.5, 0.6) is 0 Å². The lowest BCUT2D eigenvalue weighted by Crippen LogP contribution is -2.54. The number of aliphatic hydroxyl groups is 2. The van der Waals surface area contributed by atoms with Crippen LogP contribution in [0.1, 0.15) is 52.9 Å². The summed E-state index contributed by atoms with van der Waals surface area (Å²) in [5.74, 6) is 0.750. The lowest BCUT2D eigenvalue weighted by atomic mass is 9.48. The Bertz CT molecular complexity index is 261. The van der Waals surface area contributed by atoms with E-state index in [-0.39, 0.29) is 24.0 Å². The zero-order valence-electron chi connectivity index (χ0n) is 10.9. The van der Waals surface area contributed by atoms with E-state index in [1.54, 1.807) is 0 Å². The molecule has 0 saturated heterocycles. The molecule has 0 spiro atoms. The topological polar surface area (TPSA) is 40.5 Å². The van der Waals surface area contributed by atoms with Crippen molar-refractivity contribution in [2.75, 3.05) is 6.61 Å². The lowest BCUT2D eigenvalue weighted by molar-refractivity contribution is -0.136. The monoisotopic (exact) mass is 226 g/mol. The molecule has 0 radical (unpaired) electrons. The van der Waals surface area contributed by atoms with Crippen molar-refractivity contribution < 1.29 is 10.2 Å². The molecule has 0 amide bonds. The molecular weight excluding hydrogens is 200 g/mol. The van der Waals surface area contributed by atoms with Crippen LogP contribution in [0.4, 0.5) is 0 Å². The maximum absolute atomic E-state index is 10.1. The van der Waals surface area contributed by atoms with Gasteiger partial charge in [0.2, 0.25) is 0 Å². The summed E-state index contributed by atoms with van der Waals surface area (Å²) in [4.78, 5) is 0. The Morgan fingerprint density at radius 3 is 2.44 bits per heavy atom. The smallest absolute Gasteiger partial charge is 0.0595 e. The predicted octanol–water partition coefficient (Wildman–Crippen LogP) is 2.58. The second-order valence-electron chi connectivity index (χ2n) is 6.83. The van der Waals surface area contributed by atoms with Crippen LogP contribution in [0.2, 0.25) is 0 Å². The molecule has 0 heterocycles. The van der Waals surface area contributed by atoms with Crippen LogP contribution in [-0.2, 0) is 0 Å². The van der Waals surface area contributed by atoms with Gasteiger partial charge in [0.05, 0.1) is 6.10 Å². The van der Waals surface area contributed by atoms with E-state index in [1.165, 1.54) is 19.3 Å². The molecule has 4 unspecified atom stereocenters. The van der Waals surface area contributed by atoms with E-state index < -0.39 is 0 Å². The van der Waals surface area contributed by atoms with Crippen LogP contribution in [0, 0.1) is 22.7 Å². The predicted molar refractivity (Wildman–Crippen MR) is 65.0 cm³/mol. The first-order valence-electron chi connectivity index (χ1n) is 6.71. The van der Waals surface area contributed by atoms with Crippen molar-refractivity contribution >= 4 is 0 Å². The molecular formula is C14H26O2. The van der Waals surface area contributed by atoms with Crippen LogP contribution in [0.3, 0.4) is 0 Å². The van der Waals surface area contributed by atoms with E-state index in [4.69, 9.17) is 0 Å². The largest absolute Gasteiger partial charge is 0.396 e. The number of fused-ring (bicyclic) bond motifs is 1. The lowest BCUT2D eigenvalue weighted by Gasteiger charge is -2.58. The Kier molecular flexibility index (Phi) is 3.09. The van der Waals surface area contributed by atoms with E-state index in [0.717, 1.165) is 12.8 Å². The minimum absolute atomic E-state index is 0.0887. The maximum atomic E-state index is 10.1. The zero-order valence-corrected chi connectivity index (χ0v) is 10.9. The van der Waals surface area contributed by atoms with Gasteiger partial charge in [0.15, 0.2) is 0 Å². The first-order chi connectivity index (χ1) is 7.42. The highest BCUT2D eigenvalue weighted by atomic mass is 16.3. The molecule has 0 aromatic rings. The molecule has 0 aromatic carbocycles. The highest BCUT2D eigenvalue weighted by Gasteiger charge is 2.54. The molecule has 0 bridgehead atoms. The summed E-state index contributed by atoms with van der Waals surface area (Å²) in [5, 5.41) is 19.7. The molecule has 2 saturated carbocycles. The van der Waals surface area contributed by atoms with Crippen molar-refractivity contribution in [1.29, 1.82) is 0 Å². The molecule has 2 aliphatic rings. The second-order valence-corrected chi connectivity index (χ2v) is 6.83. The van der Waals surface area contributed by atoms with Gasteiger partial charge in [-0.05, 0) is 42.4 Å². The Balaban J connectivity index is 2.31. The Hall–Kier alpha value is -0.0800. The molecule has 2 heteroatoms. The Morgan fingerprint density at radius 1 is 1.12 bits per heavy atom. The van der Waals surface area contributed by atoms with E-state index in [0.29, 0.717) is 11.3 Å². The summed E-state index contributed by atoms with van der Waals surface area (Å²) in [5.41, 5.74) is 0.523. The Morgan fingerprint density at radius 2 is 1.81 bits per heavy atom. The van der Waals surface area contributed by atoms with Gasteiger partial charge in [-0.25, -0.2) is 0 Å². The van der Waals surface area contributed by atoms with Crippen molar-refractivity contribution in [1.82, 2.24) is 0 Å². The van der Waals surface area contributed by atoms with Gasteiger partial charge in [-0.1, -0.05) is 27.2 Å². The van der Waals surface area contributed by atoms with Crippen LogP contribution in [0.15, 0.2) is 0 Å². The van der Waals surface area contributed by atoms with Gasteiger partial charge < -0.3 is 10.2 Å². The zero-order chi connectivity index (χ0) is 12.0. The third-order valence-electron chi connectivity index (χ3n) is 5.54. The normalized spacial score (nSPS) is 47.4. The summed E-state index contributed by atoms with van der Waals surface area (Å²) < 4.78 is 0. The fourth-order valence-electron chi connectivity index (χ4n) is 4.64. The number of hydrogen-bond donors (Lipinski definition) is 2. The van der Waals surface area contributed by atoms with Gasteiger partial charge in [0, 0.05) is 12.5 Å². The summed E-state index contributed by atoms with van der Waals surface area (Å²) in [6, 6.07) is 0. The highest BCUT2D eigenvalue weighted by Crippen LogP contribution is 2.59. The molecule has 0 aromatic heterocycles. The second kappa shape index (κ2) is 3.99. The van der Waals surface area contributed by atoms with Crippen molar-refractivity contribution in [2.24, 2.45) is 22.7 Å². The van der Waals surface area contributed by atoms with Crippen LogP contribution in [-0.4, -0.2) is 22.9 Å². The fraction of sp³-hybridized carbons (Fsp3) is 1.00. The quantitative estimate of drug-likeness (QED) is 0.721. The van der Waals surface area contributed by atoms with Gasteiger partial charge >= 0.3 is 0 Å². The summed E-state index contributed by atoms with van der Waals surface area (Å²) in [6.07, 6.45) is 5.41. The van der Waals surface area contributed by atoms with Gasteiger partial charge in [-0.15, -0.1) is 0 Å². The third-order valence-corrected chi connectivity index (χ3v) is 5.54. The summed E-state index contributed by atoms with van der Waals surface area (Å²) in [7, 11) is 0. The molecule has 2 fully saturated rings. The van der Waals surface area contributed by atoms with Crippen molar-refractivity contribution in [2.45, 2.75) is 59.0 Å². The molecule has 2 nitrogen and oxygen atoms in total. The first kappa shape index (κ1) is 12.4. The van der Waals surface area contributed by atoms with E-state index in [2.05, 4.69) is 20.8 Å². The van der Waals surface area contributed by atoms with Crippen LogP contribution >= 0.6 is 0 Å². The van der Waals surface area contributed by atoms with Gasteiger partial charge in [0.1, 0.15) is 0 Å². The molecule has 2 N–H and O–H groups in total. The van der Waals surface area contributed by atoms with Crippen molar-refractivity contribution in [3.05, 3.63) is 0 Å². The standard InChI is InChI=1S/C14H26O2/c1-13(2)7-4-8-14(3)10(9-15)11(16)5-6-12(13)14/h10-12,15-16H,4-9H2,1-3H3. The molecule has 16 heavy (non-hydrogen) atoms. The molecule has 2 rings (SSSR count). The van der Waals surface area contributed by atoms with Crippen LogP contribution in [0.25, 0.3) is 0 Å². The van der Waals surface area contributed by atoms with E-state index in [1.807, 2.05) is 0 Å². The average Bonchev–Trinajstić information content (AvgIpc) is 2.15. The minimum Gasteiger partial charge on any atom is -0.396 e. The summed E-state index contributed by atoms with van der Waals surface area (Å²) >= 11 is 0. The molecule has 94 valence electrons. The minimum atomic E-state index is -0.292. The third kappa shape index (κ3) is 1.70. The molecule has 4 atom stereocenters. The van der Waals surface area contributed by atoms with Crippen LogP contribution < -0.4 is 0 Å². The highest BCUT2D eigenvalue weighted by molar-refractivity contribution is 5.03. The van der Waals surface area contributed by atoms with Gasteiger partial charge in [-0.2, -0.15) is 0 Å². The molecule has 2 aliphatic carbocycles.